The van der Waals surface area contributed by atoms with Gasteiger partial charge in [-0.25, -0.2) is 0 Å². The summed E-state index contributed by atoms with van der Waals surface area (Å²) >= 11 is 0. The lowest BCUT2D eigenvalue weighted by Gasteiger charge is -2.06. The Kier molecular flexibility index (Phi) is 1.83. The minimum Gasteiger partial charge on any atom is -0.363 e. The molecule has 1 heterocycles. The van der Waals surface area contributed by atoms with Gasteiger partial charge in [0, 0.05) is 12.8 Å². The normalized spacial score (nSPS) is 29.6. The van der Waals surface area contributed by atoms with Gasteiger partial charge in [0.2, 0.25) is 6.29 Å². The van der Waals surface area contributed by atoms with Gasteiger partial charge in [-0.05, 0) is 0 Å². The topological polar surface area (TPSA) is 57.1 Å². The van der Waals surface area contributed by atoms with E-state index >= 15 is 0 Å². The van der Waals surface area contributed by atoms with Crippen LogP contribution in [0.25, 0.3) is 0 Å². The Morgan fingerprint density at radius 2 is 2.25 bits per heavy atom. The van der Waals surface area contributed by atoms with Crippen molar-refractivity contribution < 1.29 is 15.5 Å². The summed E-state index contributed by atoms with van der Waals surface area (Å²) in [6.07, 6.45) is 0.942. The molecule has 48 valence electrons. The average Bonchev–Trinajstić information content (AvgIpc) is 2.12. The predicted octanol–water partition coefficient (Wildman–Crippen LogP) is -1.98. The molecule has 0 amide bonds. The number of aliphatic hydroxyl groups is 2. The molecule has 1 aliphatic rings. The minimum absolute atomic E-state index is 0.0509. The molecular formula is C5H12NO2+. The highest BCUT2D eigenvalue weighted by molar-refractivity contribution is 4.59. The van der Waals surface area contributed by atoms with E-state index in [0.29, 0.717) is 0 Å². The molecule has 1 aliphatic heterocycles. The second-order valence-corrected chi connectivity index (χ2v) is 2.24. The van der Waals surface area contributed by atoms with Gasteiger partial charge in [0.15, 0.2) is 0 Å². The molecule has 3 nitrogen and oxygen atoms in total. The van der Waals surface area contributed by atoms with Gasteiger partial charge in [-0.15, -0.1) is 0 Å². The highest BCUT2D eigenvalue weighted by Gasteiger charge is 2.23. The van der Waals surface area contributed by atoms with Gasteiger partial charge in [-0.1, -0.05) is 0 Å². The fourth-order valence-electron chi connectivity index (χ4n) is 1.07. The largest absolute Gasteiger partial charge is 0.363 e. The summed E-state index contributed by atoms with van der Waals surface area (Å²) in [5, 5.41) is 19.1. The highest BCUT2D eigenvalue weighted by Crippen LogP contribution is 1.99. The Hall–Kier alpha value is -0.120. The van der Waals surface area contributed by atoms with Crippen LogP contribution in [0, 0.1) is 0 Å². The summed E-state index contributed by atoms with van der Waals surface area (Å²) < 4.78 is 0. The molecule has 0 aromatic heterocycles. The summed E-state index contributed by atoms with van der Waals surface area (Å²) in [6.45, 7) is 1.04. The lowest BCUT2D eigenvalue weighted by atomic mass is 10.2. The van der Waals surface area contributed by atoms with Crippen LogP contribution in [-0.4, -0.2) is 29.1 Å². The van der Waals surface area contributed by atoms with Crippen molar-refractivity contribution in [2.45, 2.75) is 25.2 Å². The first-order chi connectivity index (χ1) is 3.80. The van der Waals surface area contributed by atoms with Gasteiger partial charge in [0.1, 0.15) is 6.04 Å². The van der Waals surface area contributed by atoms with E-state index in [0.717, 1.165) is 19.4 Å². The molecule has 0 aromatic carbocycles. The number of rotatable bonds is 1. The number of aliphatic hydroxyl groups excluding tert-OH is 1. The Morgan fingerprint density at radius 3 is 2.50 bits per heavy atom. The van der Waals surface area contributed by atoms with Crippen LogP contribution in [0.5, 0.6) is 0 Å². The maximum atomic E-state index is 8.58. The van der Waals surface area contributed by atoms with Crippen LogP contribution in [-0.2, 0) is 0 Å². The minimum atomic E-state index is -1.11. The number of hydrogen-bond donors (Lipinski definition) is 3. The Bertz CT molecular complexity index is 68.8. The zero-order valence-electron chi connectivity index (χ0n) is 4.75. The van der Waals surface area contributed by atoms with Crippen molar-refractivity contribution in [3.05, 3.63) is 0 Å². The fourth-order valence-corrected chi connectivity index (χ4v) is 1.07. The standard InChI is InChI=1S/C5H11NO2/c7-5(8)4-2-1-3-6-4/h4-8H,1-3H2/p+1. The van der Waals surface area contributed by atoms with E-state index in [1.54, 1.807) is 0 Å². The van der Waals surface area contributed by atoms with Crippen molar-refractivity contribution >= 4 is 0 Å². The summed E-state index contributed by atoms with van der Waals surface area (Å²) in [5.74, 6) is 0. The maximum Gasteiger partial charge on any atom is 0.205 e. The number of quaternary nitrogens is 1. The van der Waals surface area contributed by atoms with Crippen molar-refractivity contribution in [1.29, 1.82) is 0 Å². The SMILES string of the molecule is OC(O)C1CCC[NH2+]1. The summed E-state index contributed by atoms with van der Waals surface area (Å²) in [5.41, 5.74) is 0. The lowest BCUT2D eigenvalue weighted by Crippen LogP contribution is -2.89. The van der Waals surface area contributed by atoms with Gasteiger partial charge in [-0.3, -0.25) is 0 Å². The van der Waals surface area contributed by atoms with E-state index in [4.69, 9.17) is 10.2 Å². The Morgan fingerprint density at radius 1 is 1.50 bits per heavy atom. The van der Waals surface area contributed by atoms with Crippen LogP contribution in [0.1, 0.15) is 12.8 Å². The smallest absolute Gasteiger partial charge is 0.205 e. The first kappa shape index (κ1) is 6.01. The molecule has 0 radical (unpaired) electrons. The summed E-state index contributed by atoms with van der Waals surface area (Å²) in [7, 11) is 0. The number of hydrogen-bond acceptors (Lipinski definition) is 2. The fraction of sp³-hybridized carbons (Fsp3) is 1.00. The molecule has 8 heavy (non-hydrogen) atoms. The van der Waals surface area contributed by atoms with E-state index in [1.165, 1.54) is 0 Å². The van der Waals surface area contributed by atoms with Crippen LogP contribution < -0.4 is 5.32 Å². The van der Waals surface area contributed by atoms with E-state index < -0.39 is 6.29 Å². The molecular weight excluding hydrogens is 106 g/mol. The second kappa shape index (κ2) is 2.44. The maximum absolute atomic E-state index is 8.58. The van der Waals surface area contributed by atoms with Crippen LogP contribution in [0.3, 0.4) is 0 Å². The molecule has 1 saturated heterocycles. The molecule has 1 rings (SSSR count). The Labute approximate surface area is 48.3 Å². The molecule has 0 aromatic rings. The van der Waals surface area contributed by atoms with Gasteiger partial charge < -0.3 is 15.5 Å². The van der Waals surface area contributed by atoms with Crippen LogP contribution in [0.2, 0.25) is 0 Å². The molecule has 0 bridgehead atoms. The molecule has 4 N–H and O–H groups in total. The lowest BCUT2D eigenvalue weighted by molar-refractivity contribution is -0.683. The van der Waals surface area contributed by atoms with E-state index in [1.807, 2.05) is 5.32 Å². The first-order valence-corrected chi connectivity index (χ1v) is 3.00. The molecule has 0 aliphatic carbocycles. The molecule has 1 fully saturated rings. The molecule has 1 unspecified atom stereocenters. The van der Waals surface area contributed by atoms with Crippen LogP contribution in [0.15, 0.2) is 0 Å². The number of nitrogens with two attached hydrogens (primary N) is 1. The third kappa shape index (κ3) is 1.18. The summed E-state index contributed by atoms with van der Waals surface area (Å²) in [4.78, 5) is 0. The van der Waals surface area contributed by atoms with E-state index in [9.17, 15) is 0 Å². The molecule has 0 saturated carbocycles. The summed E-state index contributed by atoms with van der Waals surface area (Å²) in [6, 6.07) is 0.0509. The van der Waals surface area contributed by atoms with Crippen molar-refractivity contribution in [3.63, 3.8) is 0 Å². The second-order valence-electron chi connectivity index (χ2n) is 2.24. The molecule has 3 heteroatoms. The highest BCUT2D eigenvalue weighted by atomic mass is 16.5. The van der Waals surface area contributed by atoms with E-state index in [2.05, 4.69) is 0 Å². The van der Waals surface area contributed by atoms with Crippen LogP contribution >= 0.6 is 0 Å². The average molecular weight is 118 g/mol. The third-order valence-corrected chi connectivity index (χ3v) is 1.59. The van der Waals surface area contributed by atoms with Crippen molar-refractivity contribution in [3.8, 4) is 0 Å². The Balaban J connectivity index is 2.24. The predicted molar refractivity (Wildman–Crippen MR) is 28.0 cm³/mol. The first-order valence-electron chi connectivity index (χ1n) is 3.00. The molecule has 0 spiro atoms. The monoisotopic (exact) mass is 118 g/mol. The van der Waals surface area contributed by atoms with Gasteiger partial charge in [0.25, 0.3) is 0 Å². The van der Waals surface area contributed by atoms with Gasteiger partial charge in [0.05, 0.1) is 6.54 Å². The van der Waals surface area contributed by atoms with E-state index in [-0.39, 0.29) is 6.04 Å². The third-order valence-electron chi connectivity index (χ3n) is 1.59. The van der Waals surface area contributed by atoms with Crippen molar-refractivity contribution in [2.75, 3.05) is 6.54 Å². The van der Waals surface area contributed by atoms with Gasteiger partial charge >= 0.3 is 0 Å². The quantitative estimate of drug-likeness (QED) is 0.350. The van der Waals surface area contributed by atoms with Crippen molar-refractivity contribution in [1.82, 2.24) is 0 Å². The van der Waals surface area contributed by atoms with Crippen LogP contribution in [0.4, 0.5) is 0 Å². The molecule has 1 atom stereocenters. The van der Waals surface area contributed by atoms with Gasteiger partial charge in [-0.2, -0.15) is 0 Å². The van der Waals surface area contributed by atoms with Crippen molar-refractivity contribution in [2.24, 2.45) is 0 Å². The zero-order chi connectivity index (χ0) is 5.98. The zero-order valence-corrected chi connectivity index (χ0v) is 4.75.